The molecule has 0 aliphatic heterocycles. The Bertz CT molecular complexity index is 436. The quantitative estimate of drug-likeness (QED) is 0.173. The molecule has 0 N–H and O–H groups in total. The van der Waals surface area contributed by atoms with Gasteiger partial charge in [0, 0.05) is 6.42 Å². The van der Waals surface area contributed by atoms with Gasteiger partial charge in [0.05, 0.1) is 13.1 Å². The van der Waals surface area contributed by atoms with E-state index in [0.717, 1.165) is 0 Å². The van der Waals surface area contributed by atoms with E-state index in [1.54, 1.807) is 5.82 Å². The fourth-order valence-electron chi connectivity index (χ4n) is 4.03. The first-order chi connectivity index (χ1) is 13.3. The molecule has 2 nitrogen and oxygen atoms in total. The standard InChI is InChI=1S/C25H49N2/c1-4-7-10-12-13-14-15-16-19-22-27-24-23-26(21-18-9-6-3)25(27)20-17-11-8-5-2/h23-24H,4-22H2,1-3H3/q+1. The summed E-state index contributed by atoms with van der Waals surface area (Å²) in [6.07, 6.45) is 28.1. The highest BCUT2D eigenvalue weighted by Crippen LogP contribution is 2.12. The number of nitrogens with zero attached hydrogens (tertiary/aromatic N) is 2. The molecule has 0 aromatic carbocycles. The van der Waals surface area contributed by atoms with Crippen LogP contribution in [0.2, 0.25) is 0 Å². The summed E-state index contributed by atoms with van der Waals surface area (Å²) < 4.78 is 5.12. The number of imidazole rings is 1. The molecule has 2 heteroatoms. The largest absolute Gasteiger partial charge is 0.256 e. The van der Waals surface area contributed by atoms with Crippen molar-refractivity contribution in [1.82, 2.24) is 4.57 Å². The molecule has 0 saturated heterocycles. The number of aryl methyl sites for hydroxylation is 2. The van der Waals surface area contributed by atoms with E-state index in [0.29, 0.717) is 0 Å². The smallest absolute Gasteiger partial charge is 0.234 e. The van der Waals surface area contributed by atoms with Crippen LogP contribution in [-0.4, -0.2) is 4.57 Å². The van der Waals surface area contributed by atoms with Gasteiger partial charge in [0.15, 0.2) is 0 Å². The van der Waals surface area contributed by atoms with Gasteiger partial charge >= 0.3 is 0 Å². The van der Waals surface area contributed by atoms with Gasteiger partial charge in [0.1, 0.15) is 12.4 Å². The molecule has 0 fully saturated rings. The van der Waals surface area contributed by atoms with Crippen molar-refractivity contribution in [3.05, 3.63) is 18.2 Å². The number of aromatic nitrogens is 2. The van der Waals surface area contributed by atoms with Gasteiger partial charge in [-0.2, -0.15) is 0 Å². The highest BCUT2D eigenvalue weighted by molar-refractivity contribution is 4.84. The molecular formula is C25H49N2+. The molecule has 0 bridgehead atoms. The Morgan fingerprint density at radius 2 is 1.15 bits per heavy atom. The lowest BCUT2D eigenvalue weighted by molar-refractivity contribution is -0.704. The average molecular weight is 378 g/mol. The van der Waals surface area contributed by atoms with Gasteiger partial charge in [-0.3, -0.25) is 0 Å². The fraction of sp³-hybridized carbons (Fsp3) is 0.880. The highest BCUT2D eigenvalue weighted by atomic mass is 15.1. The molecule has 1 aromatic heterocycles. The predicted molar refractivity (Wildman–Crippen MR) is 119 cm³/mol. The molecule has 0 spiro atoms. The Morgan fingerprint density at radius 1 is 0.630 bits per heavy atom. The molecule has 0 unspecified atom stereocenters. The topological polar surface area (TPSA) is 8.81 Å². The normalized spacial score (nSPS) is 11.4. The zero-order chi connectivity index (χ0) is 19.6. The maximum absolute atomic E-state index is 2.57. The van der Waals surface area contributed by atoms with Crippen molar-refractivity contribution in [2.75, 3.05) is 0 Å². The van der Waals surface area contributed by atoms with Gasteiger partial charge in [-0.25, -0.2) is 9.13 Å². The van der Waals surface area contributed by atoms with Gasteiger partial charge in [-0.1, -0.05) is 91.4 Å². The third-order valence-electron chi connectivity index (χ3n) is 5.85. The van der Waals surface area contributed by atoms with Crippen molar-refractivity contribution in [3.63, 3.8) is 0 Å². The Morgan fingerprint density at radius 3 is 1.78 bits per heavy atom. The van der Waals surface area contributed by atoms with Crippen molar-refractivity contribution in [1.29, 1.82) is 0 Å². The molecule has 1 rings (SSSR count). The third kappa shape index (κ3) is 11.6. The maximum atomic E-state index is 2.57. The Labute approximate surface area is 170 Å². The first-order valence-electron chi connectivity index (χ1n) is 12.4. The summed E-state index contributed by atoms with van der Waals surface area (Å²) in [4.78, 5) is 0. The Kier molecular flexibility index (Phi) is 15.6. The molecule has 0 atom stereocenters. The zero-order valence-electron chi connectivity index (χ0n) is 19.0. The van der Waals surface area contributed by atoms with Gasteiger partial charge < -0.3 is 0 Å². The van der Waals surface area contributed by atoms with Crippen molar-refractivity contribution >= 4 is 0 Å². The number of hydrogen-bond acceptors (Lipinski definition) is 0. The van der Waals surface area contributed by atoms with Crippen LogP contribution < -0.4 is 4.57 Å². The molecule has 0 aliphatic rings. The van der Waals surface area contributed by atoms with E-state index in [1.165, 1.54) is 122 Å². The van der Waals surface area contributed by atoms with Crippen molar-refractivity contribution < 1.29 is 4.57 Å². The summed E-state index contributed by atoms with van der Waals surface area (Å²) in [5.41, 5.74) is 0. The second-order valence-corrected chi connectivity index (χ2v) is 8.45. The number of unbranched alkanes of at least 4 members (excludes halogenated alkanes) is 13. The van der Waals surface area contributed by atoms with Crippen LogP contribution in [0.5, 0.6) is 0 Å². The Hall–Kier alpha value is -0.790. The minimum Gasteiger partial charge on any atom is -0.234 e. The first kappa shape index (κ1) is 24.2. The van der Waals surface area contributed by atoms with Crippen LogP contribution in [0.25, 0.3) is 0 Å². The SMILES string of the molecule is CCCCCCCCCCCn1cc[n+](CCCCC)c1CCCCCC. The van der Waals surface area contributed by atoms with Crippen LogP contribution in [-0.2, 0) is 19.5 Å². The van der Waals surface area contributed by atoms with Crippen molar-refractivity contribution in [2.24, 2.45) is 0 Å². The molecule has 0 saturated carbocycles. The van der Waals surface area contributed by atoms with E-state index in [1.807, 2.05) is 0 Å². The van der Waals surface area contributed by atoms with Gasteiger partial charge in [-0.15, -0.1) is 0 Å². The van der Waals surface area contributed by atoms with E-state index in [2.05, 4.69) is 42.3 Å². The minimum atomic E-state index is 1.21. The van der Waals surface area contributed by atoms with Gasteiger partial charge in [-0.05, 0) is 32.1 Å². The number of hydrogen-bond donors (Lipinski definition) is 0. The number of rotatable bonds is 19. The lowest BCUT2D eigenvalue weighted by atomic mass is 10.1. The van der Waals surface area contributed by atoms with Crippen LogP contribution in [0, 0.1) is 0 Å². The van der Waals surface area contributed by atoms with Crippen molar-refractivity contribution in [3.8, 4) is 0 Å². The molecule has 27 heavy (non-hydrogen) atoms. The van der Waals surface area contributed by atoms with E-state index < -0.39 is 0 Å². The van der Waals surface area contributed by atoms with Gasteiger partial charge in [0.25, 0.3) is 5.82 Å². The van der Waals surface area contributed by atoms with Crippen LogP contribution in [0.4, 0.5) is 0 Å². The third-order valence-corrected chi connectivity index (χ3v) is 5.85. The molecule has 0 radical (unpaired) electrons. The van der Waals surface area contributed by atoms with Crippen LogP contribution in [0.1, 0.15) is 129 Å². The van der Waals surface area contributed by atoms with Crippen LogP contribution in [0.15, 0.2) is 12.4 Å². The zero-order valence-corrected chi connectivity index (χ0v) is 19.0. The van der Waals surface area contributed by atoms with Crippen LogP contribution >= 0.6 is 0 Å². The predicted octanol–water partition coefficient (Wildman–Crippen LogP) is 7.62. The lowest BCUT2D eigenvalue weighted by Gasteiger charge is -2.06. The van der Waals surface area contributed by atoms with E-state index in [-0.39, 0.29) is 0 Å². The summed E-state index contributed by atoms with van der Waals surface area (Å²) in [6, 6.07) is 0. The monoisotopic (exact) mass is 377 g/mol. The average Bonchev–Trinajstić information content (AvgIpc) is 3.06. The van der Waals surface area contributed by atoms with Gasteiger partial charge in [0.2, 0.25) is 0 Å². The molecule has 1 heterocycles. The minimum absolute atomic E-state index is 1.21. The molecular weight excluding hydrogens is 328 g/mol. The van der Waals surface area contributed by atoms with E-state index in [9.17, 15) is 0 Å². The Balaban J connectivity index is 2.33. The van der Waals surface area contributed by atoms with Crippen molar-refractivity contribution in [2.45, 2.75) is 143 Å². The van der Waals surface area contributed by atoms with Crippen LogP contribution in [0.3, 0.4) is 0 Å². The summed E-state index contributed by atoms with van der Waals surface area (Å²) >= 11 is 0. The van der Waals surface area contributed by atoms with E-state index in [4.69, 9.17) is 0 Å². The summed E-state index contributed by atoms with van der Waals surface area (Å²) in [6.45, 7) is 9.33. The fourth-order valence-corrected chi connectivity index (χ4v) is 4.03. The summed E-state index contributed by atoms with van der Waals surface area (Å²) in [5.74, 6) is 1.58. The molecule has 0 aliphatic carbocycles. The molecule has 1 aromatic rings. The summed E-state index contributed by atoms with van der Waals surface area (Å²) in [5, 5.41) is 0. The molecule has 0 amide bonds. The maximum Gasteiger partial charge on any atom is 0.256 e. The second kappa shape index (κ2) is 17.3. The molecule has 158 valence electrons. The summed E-state index contributed by atoms with van der Waals surface area (Å²) in [7, 11) is 0. The first-order valence-corrected chi connectivity index (χ1v) is 12.4. The highest BCUT2D eigenvalue weighted by Gasteiger charge is 2.16. The second-order valence-electron chi connectivity index (χ2n) is 8.45. The lowest BCUT2D eigenvalue weighted by Crippen LogP contribution is -2.37. The van der Waals surface area contributed by atoms with E-state index >= 15 is 0 Å².